The molecule has 2 aromatic heterocycles. The molecule has 2 amide bonds. The molecule has 2 aromatic carbocycles. The molecule has 0 bridgehead atoms. The minimum Gasteiger partial charge on any atom is -0.366 e. The number of nitriles is 1. The highest BCUT2D eigenvalue weighted by Crippen LogP contribution is 2.42. The van der Waals surface area contributed by atoms with Crippen LogP contribution in [0.15, 0.2) is 36.4 Å². The average Bonchev–Trinajstić information content (AvgIpc) is 3.14. The van der Waals surface area contributed by atoms with E-state index in [4.69, 9.17) is 16.7 Å². The number of benzene rings is 2. The molecule has 4 aromatic rings. The van der Waals surface area contributed by atoms with E-state index in [9.17, 15) is 27.2 Å². The van der Waals surface area contributed by atoms with Crippen molar-refractivity contribution in [1.29, 1.82) is 5.26 Å². The first kappa shape index (κ1) is 25.3. The lowest BCUT2D eigenvalue weighted by Crippen LogP contribution is -2.22. The topological polar surface area (TPSA) is 141 Å². The second-order valence-corrected chi connectivity index (χ2v) is 8.30. The fraction of sp³-hybridized carbons (Fsp3) is 0.160. The minimum atomic E-state index is -5.04. The number of rotatable bonds is 5. The molecular weight excluding hydrogens is 492 g/mol. The Kier molecular flexibility index (Phi) is 6.17. The Morgan fingerprint density at radius 2 is 1.78 bits per heavy atom. The molecule has 0 radical (unpaired) electrons. The van der Waals surface area contributed by atoms with Gasteiger partial charge in [0.15, 0.2) is 5.69 Å². The number of aryl methyl sites for hydroxylation is 1. The predicted molar refractivity (Wildman–Crippen MR) is 125 cm³/mol. The Labute approximate surface area is 207 Å². The number of carbonyl (C=O) groups is 2. The van der Waals surface area contributed by atoms with E-state index in [2.05, 4.69) is 10.1 Å². The summed E-state index contributed by atoms with van der Waals surface area (Å²) in [4.78, 5) is 28.9. The Hall–Kier alpha value is -4.79. The van der Waals surface area contributed by atoms with Crippen molar-refractivity contribution in [2.24, 2.45) is 11.5 Å². The third kappa shape index (κ3) is 4.35. The van der Waals surface area contributed by atoms with E-state index in [0.717, 1.165) is 10.7 Å². The van der Waals surface area contributed by atoms with Gasteiger partial charge in [0.25, 0.3) is 5.91 Å². The quantitative estimate of drug-likeness (QED) is 0.391. The van der Waals surface area contributed by atoms with Crippen LogP contribution in [0.2, 0.25) is 0 Å². The lowest BCUT2D eigenvalue weighted by atomic mass is 9.91. The molecule has 0 saturated carbocycles. The summed E-state index contributed by atoms with van der Waals surface area (Å²) in [6, 6.07) is 10.2. The first-order valence-electron chi connectivity index (χ1n) is 10.7. The van der Waals surface area contributed by atoms with Crippen molar-refractivity contribution < 1.29 is 27.2 Å². The highest BCUT2D eigenvalue weighted by Gasteiger charge is 2.41. The van der Waals surface area contributed by atoms with Crippen molar-refractivity contribution in [3.05, 3.63) is 81.6 Å². The van der Waals surface area contributed by atoms with Gasteiger partial charge in [-0.15, -0.1) is 0 Å². The summed E-state index contributed by atoms with van der Waals surface area (Å²) in [6.07, 6.45) is -5.04. The van der Waals surface area contributed by atoms with Gasteiger partial charge in [0.05, 0.1) is 29.3 Å². The van der Waals surface area contributed by atoms with Crippen LogP contribution in [0.4, 0.5) is 17.6 Å². The second kappa shape index (κ2) is 9.02. The normalized spacial score (nSPS) is 11.5. The molecule has 0 aliphatic carbocycles. The molecule has 12 heteroatoms. The first-order chi connectivity index (χ1) is 17.3. The first-order valence-corrected chi connectivity index (χ1v) is 10.7. The Morgan fingerprint density at radius 1 is 1.08 bits per heavy atom. The van der Waals surface area contributed by atoms with Crippen molar-refractivity contribution in [2.75, 3.05) is 0 Å². The summed E-state index contributed by atoms with van der Waals surface area (Å²) < 4.78 is 58.6. The third-order valence-corrected chi connectivity index (χ3v) is 5.91. The van der Waals surface area contributed by atoms with E-state index in [0.29, 0.717) is 16.7 Å². The van der Waals surface area contributed by atoms with E-state index in [1.165, 1.54) is 25.1 Å². The number of nitrogens with zero attached hydrogens (tertiary/aromatic N) is 4. The molecule has 37 heavy (non-hydrogen) atoms. The lowest BCUT2D eigenvalue weighted by molar-refractivity contribution is -0.141. The third-order valence-electron chi connectivity index (χ3n) is 5.91. The van der Waals surface area contributed by atoms with Crippen molar-refractivity contribution in [3.63, 3.8) is 0 Å². The molecule has 0 spiro atoms. The summed E-state index contributed by atoms with van der Waals surface area (Å²) in [5.74, 6) is -3.49. The molecule has 4 rings (SSSR count). The van der Waals surface area contributed by atoms with Crippen molar-refractivity contribution in [2.45, 2.75) is 26.6 Å². The Bertz CT molecular complexity index is 1650. The van der Waals surface area contributed by atoms with Gasteiger partial charge < -0.3 is 11.5 Å². The number of nitrogens with two attached hydrogens (primary N) is 2. The highest BCUT2D eigenvalue weighted by molar-refractivity contribution is 6.15. The number of hydrogen-bond donors (Lipinski definition) is 2. The maximum atomic E-state index is 14.8. The van der Waals surface area contributed by atoms with Gasteiger partial charge in [-0.2, -0.15) is 23.5 Å². The van der Waals surface area contributed by atoms with Crippen molar-refractivity contribution >= 4 is 22.7 Å². The molecule has 0 saturated heterocycles. The van der Waals surface area contributed by atoms with Crippen LogP contribution in [-0.2, 0) is 12.7 Å². The SMILES string of the molecule is Cc1cc(Cn2nc(C(F)(F)F)c(-c3c(C(N)=O)nc4cccc(F)c4c3C(N)=O)c2C)ccc1C#N. The predicted octanol–water partition coefficient (Wildman–Crippen LogP) is 3.99. The van der Waals surface area contributed by atoms with E-state index in [-0.39, 0.29) is 17.8 Å². The number of amides is 2. The maximum absolute atomic E-state index is 14.8. The number of halogens is 4. The van der Waals surface area contributed by atoms with Crippen LogP contribution in [0.5, 0.6) is 0 Å². The molecule has 0 aliphatic heterocycles. The van der Waals surface area contributed by atoms with E-state index in [1.807, 2.05) is 6.07 Å². The summed E-state index contributed by atoms with van der Waals surface area (Å²) in [5, 5.41) is 12.4. The zero-order valence-corrected chi connectivity index (χ0v) is 19.4. The van der Waals surface area contributed by atoms with Crippen LogP contribution >= 0.6 is 0 Å². The second-order valence-electron chi connectivity index (χ2n) is 8.30. The largest absolute Gasteiger partial charge is 0.435 e. The number of carbonyl (C=O) groups excluding carboxylic acids is 2. The summed E-state index contributed by atoms with van der Waals surface area (Å²) >= 11 is 0. The van der Waals surface area contributed by atoms with Crippen LogP contribution in [0.25, 0.3) is 22.0 Å². The molecule has 188 valence electrons. The monoisotopic (exact) mass is 510 g/mol. The molecule has 2 heterocycles. The fourth-order valence-corrected chi connectivity index (χ4v) is 4.26. The van der Waals surface area contributed by atoms with Crippen LogP contribution in [0.3, 0.4) is 0 Å². The van der Waals surface area contributed by atoms with Gasteiger partial charge >= 0.3 is 6.18 Å². The molecule has 0 aliphatic rings. The summed E-state index contributed by atoms with van der Waals surface area (Å²) in [6.45, 7) is 2.84. The zero-order valence-electron chi connectivity index (χ0n) is 19.4. The van der Waals surface area contributed by atoms with Gasteiger partial charge in [-0.3, -0.25) is 14.3 Å². The smallest absolute Gasteiger partial charge is 0.366 e. The highest BCUT2D eigenvalue weighted by atomic mass is 19.4. The molecule has 0 atom stereocenters. The Morgan fingerprint density at radius 3 is 2.35 bits per heavy atom. The standard InChI is InChI=1S/C25H18F4N6O2/c1-11-8-13(6-7-14(11)9-30)10-35-12(2)17(22(34-35)25(27,28)29)19-20(23(31)36)18-15(26)4-3-5-16(18)33-21(19)24(32)37/h3-8H,10H2,1-2H3,(H2,31,36)(H2,32,37). The van der Waals surface area contributed by atoms with Gasteiger partial charge in [-0.05, 0) is 43.2 Å². The molecular formula is C25H18F4N6O2. The molecule has 8 nitrogen and oxygen atoms in total. The Balaban J connectivity index is 2.09. The van der Waals surface area contributed by atoms with Crippen LogP contribution in [-0.4, -0.2) is 26.6 Å². The molecule has 0 fully saturated rings. The number of hydrogen-bond acceptors (Lipinski definition) is 5. The van der Waals surface area contributed by atoms with E-state index < -0.39 is 57.3 Å². The number of alkyl halides is 3. The summed E-state index contributed by atoms with van der Waals surface area (Å²) in [7, 11) is 0. The maximum Gasteiger partial charge on any atom is 0.435 e. The number of aromatic nitrogens is 3. The van der Waals surface area contributed by atoms with Gasteiger partial charge in [-0.1, -0.05) is 18.2 Å². The average molecular weight is 510 g/mol. The zero-order chi connectivity index (χ0) is 27.2. The van der Waals surface area contributed by atoms with Gasteiger partial charge in [-0.25, -0.2) is 9.37 Å². The number of primary amides is 2. The molecule has 4 N–H and O–H groups in total. The van der Waals surface area contributed by atoms with Gasteiger partial charge in [0.1, 0.15) is 11.5 Å². The fourth-order valence-electron chi connectivity index (χ4n) is 4.26. The van der Waals surface area contributed by atoms with Crippen molar-refractivity contribution in [3.8, 4) is 17.2 Å². The van der Waals surface area contributed by atoms with Gasteiger partial charge in [0, 0.05) is 22.2 Å². The minimum absolute atomic E-state index is 0.100. The lowest BCUT2D eigenvalue weighted by Gasteiger charge is -2.16. The summed E-state index contributed by atoms with van der Waals surface area (Å²) in [5.41, 5.74) is 8.14. The van der Waals surface area contributed by atoms with Crippen LogP contribution in [0, 0.1) is 31.0 Å². The molecule has 0 unspecified atom stereocenters. The van der Waals surface area contributed by atoms with Crippen molar-refractivity contribution in [1.82, 2.24) is 14.8 Å². The van der Waals surface area contributed by atoms with Crippen LogP contribution in [0.1, 0.15) is 48.9 Å². The van der Waals surface area contributed by atoms with Gasteiger partial charge in [0.2, 0.25) is 5.91 Å². The van der Waals surface area contributed by atoms with E-state index >= 15 is 0 Å². The number of fused-ring (bicyclic) bond motifs is 1. The van der Waals surface area contributed by atoms with Crippen LogP contribution < -0.4 is 11.5 Å². The number of pyridine rings is 1. The van der Waals surface area contributed by atoms with E-state index in [1.54, 1.807) is 19.1 Å².